The number of aryl methyl sites for hydroxylation is 1. The standard InChI is InChI=1S/C14H16N2O6S2/c1-8-6-11(22-15-8)12-2-3-13(23-12)24(20,21)16-5-4-9(14(18)19)10(17)7-16/h2-3,6,9-10,17H,4-5,7H2,1H3,(H,18,19)/t9-,10+/m0/s1. The molecule has 0 bridgehead atoms. The molecule has 3 heterocycles. The minimum atomic E-state index is -3.79. The number of aromatic nitrogens is 1. The number of thiophene rings is 1. The van der Waals surface area contributed by atoms with Crippen molar-refractivity contribution >= 4 is 27.3 Å². The second-order valence-electron chi connectivity index (χ2n) is 5.62. The fourth-order valence-electron chi connectivity index (χ4n) is 2.61. The van der Waals surface area contributed by atoms with Crippen LogP contribution in [0.15, 0.2) is 26.9 Å². The highest BCUT2D eigenvalue weighted by molar-refractivity contribution is 7.91. The van der Waals surface area contributed by atoms with Gasteiger partial charge in [0, 0.05) is 19.2 Å². The Balaban J connectivity index is 1.81. The van der Waals surface area contributed by atoms with Crippen LogP contribution in [0.3, 0.4) is 0 Å². The molecule has 0 saturated carbocycles. The first kappa shape index (κ1) is 17.1. The lowest BCUT2D eigenvalue weighted by atomic mass is 9.95. The number of carboxylic acids is 1. The van der Waals surface area contributed by atoms with Gasteiger partial charge in [0.05, 0.1) is 22.6 Å². The topological polar surface area (TPSA) is 121 Å². The molecule has 1 saturated heterocycles. The van der Waals surface area contributed by atoms with Crippen LogP contribution in [0.1, 0.15) is 12.1 Å². The summed E-state index contributed by atoms with van der Waals surface area (Å²) in [5.41, 5.74) is 0.696. The van der Waals surface area contributed by atoms with E-state index in [2.05, 4.69) is 5.16 Å². The van der Waals surface area contributed by atoms with E-state index in [1.807, 2.05) is 0 Å². The number of carbonyl (C=O) groups is 1. The molecule has 8 nitrogen and oxygen atoms in total. The molecule has 0 aliphatic carbocycles. The molecule has 0 radical (unpaired) electrons. The van der Waals surface area contributed by atoms with Crippen LogP contribution in [0.5, 0.6) is 0 Å². The van der Waals surface area contributed by atoms with Gasteiger partial charge in [-0.1, -0.05) is 5.16 Å². The molecule has 0 aromatic carbocycles. The maximum absolute atomic E-state index is 12.7. The van der Waals surface area contributed by atoms with Gasteiger partial charge in [-0.3, -0.25) is 4.79 Å². The Morgan fingerprint density at radius 3 is 2.79 bits per heavy atom. The van der Waals surface area contributed by atoms with Gasteiger partial charge in [-0.2, -0.15) is 4.31 Å². The van der Waals surface area contributed by atoms with Crippen molar-refractivity contribution in [3.05, 3.63) is 23.9 Å². The number of carboxylic acid groups (broad SMARTS) is 1. The summed E-state index contributed by atoms with van der Waals surface area (Å²) >= 11 is 1.05. The van der Waals surface area contributed by atoms with Gasteiger partial charge in [0.1, 0.15) is 4.21 Å². The van der Waals surface area contributed by atoms with Crippen LogP contribution in [0.2, 0.25) is 0 Å². The van der Waals surface area contributed by atoms with Gasteiger partial charge < -0.3 is 14.7 Å². The van der Waals surface area contributed by atoms with E-state index in [1.54, 1.807) is 19.1 Å². The summed E-state index contributed by atoms with van der Waals surface area (Å²) in [6.07, 6.45) is -1.14. The van der Waals surface area contributed by atoms with Crippen LogP contribution in [-0.4, -0.2) is 53.3 Å². The van der Waals surface area contributed by atoms with Crippen LogP contribution in [0, 0.1) is 12.8 Å². The quantitative estimate of drug-likeness (QED) is 0.826. The highest BCUT2D eigenvalue weighted by Gasteiger charge is 2.38. The Hall–Kier alpha value is -1.75. The van der Waals surface area contributed by atoms with E-state index in [9.17, 15) is 18.3 Å². The first-order chi connectivity index (χ1) is 11.3. The molecule has 2 aromatic heterocycles. The third kappa shape index (κ3) is 3.09. The summed E-state index contributed by atoms with van der Waals surface area (Å²) in [6, 6.07) is 4.82. The Morgan fingerprint density at radius 2 is 2.21 bits per heavy atom. The maximum atomic E-state index is 12.7. The average Bonchev–Trinajstić information content (AvgIpc) is 3.15. The average molecular weight is 372 g/mol. The van der Waals surface area contributed by atoms with Crippen molar-refractivity contribution in [3.8, 4) is 10.6 Å². The van der Waals surface area contributed by atoms with Crippen molar-refractivity contribution in [1.82, 2.24) is 9.46 Å². The number of sulfonamides is 1. The second kappa shape index (κ2) is 6.28. The Kier molecular flexibility index (Phi) is 4.47. The molecule has 0 amide bonds. The molecule has 2 atom stereocenters. The largest absolute Gasteiger partial charge is 0.481 e. The second-order valence-corrected chi connectivity index (χ2v) is 8.86. The predicted molar refractivity (Wildman–Crippen MR) is 85.1 cm³/mol. The maximum Gasteiger partial charge on any atom is 0.309 e. The van der Waals surface area contributed by atoms with Gasteiger partial charge in [0.15, 0.2) is 5.76 Å². The number of aliphatic hydroxyl groups excluding tert-OH is 1. The highest BCUT2D eigenvalue weighted by Crippen LogP contribution is 2.34. The van der Waals surface area contributed by atoms with E-state index >= 15 is 0 Å². The van der Waals surface area contributed by atoms with Crippen molar-refractivity contribution in [3.63, 3.8) is 0 Å². The first-order valence-corrected chi connectivity index (χ1v) is 9.49. The summed E-state index contributed by atoms with van der Waals surface area (Å²) in [4.78, 5) is 11.6. The van der Waals surface area contributed by atoms with E-state index in [0.29, 0.717) is 16.3 Å². The number of hydrogen-bond acceptors (Lipinski definition) is 7. The van der Waals surface area contributed by atoms with Crippen molar-refractivity contribution in [2.24, 2.45) is 5.92 Å². The number of nitrogens with zero attached hydrogens (tertiary/aromatic N) is 2. The van der Waals surface area contributed by atoms with Gasteiger partial charge >= 0.3 is 5.97 Å². The Labute approximate surface area is 142 Å². The monoisotopic (exact) mass is 372 g/mol. The third-order valence-electron chi connectivity index (χ3n) is 3.91. The van der Waals surface area contributed by atoms with Crippen molar-refractivity contribution in [1.29, 1.82) is 0 Å². The van der Waals surface area contributed by atoms with E-state index in [1.165, 1.54) is 6.07 Å². The number of hydrogen-bond donors (Lipinski definition) is 2. The minimum absolute atomic E-state index is 0.0605. The highest BCUT2D eigenvalue weighted by atomic mass is 32.2. The third-order valence-corrected chi connectivity index (χ3v) is 7.34. The molecule has 24 heavy (non-hydrogen) atoms. The van der Waals surface area contributed by atoms with Gasteiger partial charge in [0.25, 0.3) is 10.0 Å². The zero-order valence-electron chi connectivity index (χ0n) is 12.7. The van der Waals surface area contributed by atoms with Gasteiger partial charge in [-0.05, 0) is 25.5 Å². The first-order valence-electron chi connectivity index (χ1n) is 7.23. The van der Waals surface area contributed by atoms with Gasteiger partial charge in [-0.25, -0.2) is 8.42 Å². The van der Waals surface area contributed by atoms with Crippen LogP contribution in [0.4, 0.5) is 0 Å². The Morgan fingerprint density at radius 1 is 1.46 bits per heavy atom. The number of aliphatic hydroxyl groups is 1. The van der Waals surface area contributed by atoms with E-state index in [0.717, 1.165) is 15.6 Å². The molecular weight excluding hydrogens is 356 g/mol. The Bertz CT molecular complexity index is 856. The smallest absolute Gasteiger partial charge is 0.309 e. The molecule has 0 spiro atoms. The molecule has 2 N–H and O–H groups in total. The number of β-amino-alcohol motifs (C(OH)–C–C–N with tert-alkyl or cyclic N) is 1. The number of piperidine rings is 1. The van der Waals surface area contributed by atoms with E-state index < -0.39 is 28.0 Å². The summed E-state index contributed by atoms with van der Waals surface area (Å²) in [7, 11) is -3.79. The summed E-state index contributed by atoms with van der Waals surface area (Å²) < 4.78 is 31.7. The summed E-state index contributed by atoms with van der Waals surface area (Å²) in [5, 5.41) is 22.7. The predicted octanol–water partition coefficient (Wildman–Crippen LogP) is 1.17. The molecule has 0 unspecified atom stereocenters. The van der Waals surface area contributed by atoms with Crippen LogP contribution in [-0.2, 0) is 14.8 Å². The molecule has 130 valence electrons. The molecule has 2 aromatic rings. The number of rotatable bonds is 4. The molecule has 1 aliphatic heterocycles. The number of aliphatic carboxylic acids is 1. The molecule has 1 aliphatic rings. The molecule has 1 fully saturated rings. The molecule has 10 heteroatoms. The lowest BCUT2D eigenvalue weighted by Gasteiger charge is -2.32. The van der Waals surface area contributed by atoms with Crippen molar-refractivity contribution in [2.75, 3.05) is 13.1 Å². The fraction of sp³-hybridized carbons (Fsp3) is 0.429. The van der Waals surface area contributed by atoms with E-state index in [-0.39, 0.29) is 23.7 Å². The SMILES string of the molecule is Cc1cc(-c2ccc(S(=O)(=O)N3CC[C@H](C(=O)O)[C@H](O)C3)s2)on1. The molecule has 3 rings (SSSR count). The zero-order valence-corrected chi connectivity index (χ0v) is 14.4. The van der Waals surface area contributed by atoms with Gasteiger partial charge in [-0.15, -0.1) is 11.3 Å². The summed E-state index contributed by atoms with van der Waals surface area (Å²) in [6.45, 7) is 1.60. The minimum Gasteiger partial charge on any atom is -0.481 e. The molecular formula is C14H16N2O6S2. The van der Waals surface area contributed by atoms with Crippen molar-refractivity contribution in [2.45, 2.75) is 23.7 Å². The normalized spacial score (nSPS) is 22.6. The van der Waals surface area contributed by atoms with Crippen LogP contribution < -0.4 is 0 Å². The van der Waals surface area contributed by atoms with Gasteiger partial charge in [0.2, 0.25) is 0 Å². The van der Waals surface area contributed by atoms with Crippen LogP contribution in [0.25, 0.3) is 10.6 Å². The van der Waals surface area contributed by atoms with E-state index in [4.69, 9.17) is 9.63 Å². The van der Waals surface area contributed by atoms with Crippen LogP contribution >= 0.6 is 11.3 Å². The lowest BCUT2D eigenvalue weighted by molar-refractivity contribution is -0.147. The van der Waals surface area contributed by atoms with Crippen molar-refractivity contribution < 1.29 is 27.9 Å². The zero-order chi connectivity index (χ0) is 17.5. The lowest BCUT2D eigenvalue weighted by Crippen LogP contribution is -2.48. The fourth-order valence-corrected chi connectivity index (χ4v) is 5.49. The summed E-state index contributed by atoms with van der Waals surface area (Å²) in [5.74, 6) is -1.56.